The van der Waals surface area contributed by atoms with Gasteiger partial charge in [-0.25, -0.2) is 0 Å². The Bertz CT molecular complexity index is 909. The third-order valence-corrected chi connectivity index (χ3v) is 6.46. The van der Waals surface area contributed by atoms with Gasteiger partial charge in [0.05, 0.1) is 4.47 Å². The van der Waals surface area contributed by atoms with E-state index >= 15 is 0 Å². The molecule has 1 aromatic carbocycles. The average Bonchev–Trinajstić information content (AvgIpc) is 2.92. The number of aryl methyl sites for hydroxylation is 2. The van der Waals surface area contributed by atoms with Gasteiger partial charge in [0.1, 0.15) is 5.56 Å². The minimum Gasteiger partial charge on any atom is -0.347 e. The molecule has 3 rings (SSSR count). The van der Waals surface area contributed by atoms with Crippen molar-refractivity contribution in [2.75, 3.05) is 5.32 Å². The van der Waals surface area contributed by atoms with Crippen LogP contribution in [0, 0.1) is 6.92 Å². The van der Waals surface area contributed by atoms with Crippen molar-refractivity contribution in [2.45, 2.75) is 65.8 Å². The molecule has 2 heterocycles. The normalized spacial score (nSPS) is 13.8. The lowest BCUT2D eigenvalue weighted by Crippen LogP contribution is -2.29. The number of amides is 1. The van der Waals surface area contributed by atoms with Crippen LogP contribution in [0.1, 0.15) is 66.0 Å². The van der Waals surface area contributed by atoms with E-state index in [-0.39, 0.29) is 11.3 Å². The molecule has 4 nitrogen and oxygen atoms in total. The van der Waals surface area contributed by atoms with Gasteiger partial charge in [-0.15, -0.1) is 0 Å². The third kappa shape index (κ3) is 3.75. The van der Waals surface area contributed by atoms with Gasteiger partial charge in [0.25, 0.3) is 5.91 Å². The maximum absolute atomic E-state index is 13.3. The monoisotopic (exact) mass is 430 g/mol. The number of carbonyl (C=O) groups is 1. The molecule has 27 heavy (non-hydrogen) atoms. The van der Waals surface area contributed by atoms with E-state index in [9.17, 15) is 9.59 Å². The van der Waals surface area contributed by atoms with Gasteiger partial charge in [-0.3, -0.25) is 9.59 Å². The van der Waals surface area contributed by atoms with Crippen molar-refractivity contribution in [3.8, 4) is 0 Å². The fourth-order valence-corrected chi connectivity index (χ4v) is 4.39. The smallest absolute Gasteiger partial charge is 0.261 e. The highest BCUT2D eigenvalue weighted by Crippen LogP contribution is 2.26. The van der Waals surface area contributed by atoms with Crippen LogP contribution in [0.3, 0.4) is 0 Å². The van der Waals surface area contributed by atoms with Gasteiger partial charge in [0, 0.05) is 23.6 Å². The Hall–Kier alpha value is -1.88. The summed E-state index contributed by atoms with van der Waals surface area (Å²) in [5.74, 6) is -0.290. The molecular weight excluding hydrogens is 404 g/mol. The van der Waals surface area contributed by atoms with Gasteiger partial charge in [-0.05, 0) is 66.1 Å². The van der Waals surface area contributed by atoms with Crippen LogP contribution >= 0.6 is 15.9 Å². The van der Waals surface area contributed by atoms with Crippen LogP contribution in [0.15, 0.2) is 27.5 Å². The molecule has 0 fully saturated rings. The first kappa shape index (κ1) is 19.9. The van der Waals surface area contributed by atoms with E-state index in [0.29, 0.717) is 10.0 Å². The highest BCUT2D eigenvalue weighted by atomic mass is 79.9. The summed E-state index contributed by atoms with van der Waals surface area (Å²) < 4.78 is 2.65. The van der Waals surface area contributed by atoms with Gasteiger partial charge in [0.2, 0.25) is 5.43 Å². The summed E-state index contributed by atoms with van der Waals surface area (Å²) in [6, 6.07) is 6.09. The summed E-state index contributed by atoms with van der Waals surface area (Å²) in [4.78, 5) is 26.3. The van der Waals surface area contributed by atoms with Crippen molar-refractivity contribution in [1.82, 2.24) is 4.57 Å². The first-order valence-corrected chi connectivity index (χ1v) is 10.6. The van der Waals surface area contributed by atoms with Crippen LogP contribution in [0.4, 0.5) is 5.69 Å². The van der Waals surface area contributed by atoms with Crippen molar-refractivity contribution in [3.05, 3.63) is 61.0 Å². The molecule has 144 valence electrons. The zero-order valence-corrected chi connectivity index (χ0v) is 17.9. The summed E-state index contributed by atoms with van der Waals surface area (Å²) in [5.41, 5.74) is 4.93. The van der Waals surface area contributed by atoms with Crippen molar-refractivity contribution in [2.24, 2.45) is 0 Å². The molecule has 0 saturated heterocycles. The SMILES string of the molecule is CCc1cccc(CC)c1NC(=O)c1c2n(c(C)c(Br)c1=O)CCCCC2. The van der Waals surface area contributed by atoms with Crippen molar-refractivity contribution >= 4 is 27.5 Å². The molecule has 5 heteroatoms. The van der Waals surface area contributed by atoms with Crippen LogP contribution in [-0.2, 0) is 25.8 Å². The molecule has 0 atom stereocenters. The number of rotatable bonds is 4. The van der Waals surface area contributed by atoms with Crippen molar-refractivity contribution in [3.63, 3.8) is 0 Å². The number of carbonyl (C=O) groups excluding carboxylic acids is 1. The predicted molar refractivity (Wildman–Crippen MR) is 114 cm³/mol. The number of nitrogens with zero attached hydrogens (tertiary/aromatic N) is 1. The van der Waals surface area contributed by atoms with Crippen LogP contribution in [0.2, 0.25) is 0 Å². The van der Waals surface area contributed by atoms with E-state index in [1.807, 2.05) is 25.1 Å². The number of nitrogens with one attached hydrogen (secondary N) is 1. The number of para-hydroxylation sites is 1. The zero-order valence-electron chi connectivity index (χ0n) is 16.3. The summed E-state index contributed by atoms with van der Waals surface area (Å²) in [7, 11) is 0. The maximum Gasteiger partial charge on any atom is 0.261 e. The number of anilines is 1. The summed E-state index contributed by atoms with van der Waals surface area (Å²) in [6.45, 7) is 6.96. The quantitative estimate of drug-likeness (QED) is 0.739. The van der Waals surface area contributed by atoms with Crippen LogP contribution in [0.5, 0.6) is 0 Å². The highest BCUT2D eigenvalue weighted by molar-refractivity contribution is 9.10. The Morgan fingerprint density at radius 2 is 1.81 bits per heavy atom. The van der Waals surface area contributed by atoms with Crippen LogP contribution < -0.4 is 10.7 Å². The molecule has 0 bridgehead atoms. The minimum absolute atomic E-state index is 0.204. The lowest BCUT2D eigenvalue weighted by molar-refractivity contribution is 0.102. The van der Waals surface area contributed by atoms with Crippen molar-refractivity contribution < 1.29 is 4.79 Å². The van der Waals surface area contributed by atoms with Gasteiger partial charge in [-0.1, -0.05) is 38.5 Å². The second-order valence-electron chi connectivity index (χ2n) is 7.12. The van der Waals surface area contributed by atoms with Crippen LogP contribution in [0.25, 0.3) is 0 Å². The van der Waals surface area contributed by atoms with E-state index in [1.165, 1.54) is 0 Å². The summed E-state index contributed by atoms with van der Waals surface area (Å²) in [5, 5.41) is 3.08. The van der Waals surface area contributed by atoms with Gasteiger partial charge < -0.3 is 9.88 Å². The molecule has 1 N–H and O–H groups in total. The zero-order chi connectivity index (χ0) is 19.6. The fraction of sp³-hybridized carbons (Fsp3) is 0.455. The molecule has 1 aromatic heterocycles. The second-order valence-corrected chi connectivity index (χ2v) is 7.92. The van der Waals surface area contributed by atoms with E-state index in [2.05, 4.69) is 39.7 Å². The molecule has 1 aliphatic rings. The van der Waals surface area contributed by atoms with E-state index in [1.54, 1.807) is 0 Å². The predicted octanol–water partition coefficient (Wildman–Crippen LogP) is 5.02. The number of halogens is 1. The van der Waals surface area contributed by atoms with E-state index in [4.69, 9.17) is 0 Å². The Morgan fingerprint density at radius 3 is 2.44 bits per heavy atom. The maximum atomic E-state index is 13.3. The number of hydrogen-bond donors (Lipinski definition) is 1. The molecule has 0 radical (unpaired) electrons. The number of fused-ring (bicyclic) bond motifs is 1. The molecule has 0 unspecified atom stereocenters. The van der Waals surface area contributed by atoms with Gasteiger partial charge in [0.15, 0.2) is 0 Å². The van der Waals surface area contributed by atoms with E-state index in [0.717, 1.165) is 73.3 Å². The Morgan fingerprint density at radius 1 is 1.15 bits per heavy atom. The molecule has 1 amide bonds. The Labute approximate surface area is 169 Å². The molecule has 0 saturated carbocycles. The topological polar surface area (TPSA) is 51.1 Å². The lowest BCUT2D eigenvalue weighted by atomic mass is 10.0. The lowest BCUT2D eigenvalue weighted by Gasteiger charge is -2.20. The summed E-state index contributed by atoms with van der Waals surface area (Å²) in [6.07, 6.45) is 5.63. The van der Waals surface area contributed by atoms with Crippen molar-refractivity contribution in [1.29, 1.82) is 0 Å². The number of hydrogen-bond acceptors (Lipinski definition) is 2. The number of benzene rings is 1. The number of pyridine rings is 1. The molecule has 2 aromatic rings. The first-order valence-electron chi connectivity index (χ1n) is 9.83. The second kappa shape index (κ2) is 8.42. The summed E-state index contributed by atoms with van der Waals surface area (Å²) >= 11 is 3.43. The molecule has 0 spiro atoms. The van der Waals surface area contributed by atoms with Gasteiger partial charge >= 0.3 is 0 Å². The third-order valence-electron chi connectivity index (χ3n) is 5.52. The Kier molecular flexibility index (Phi) is 6.20. The highest BCUT2D eigenvalue weighted by Gasteiger charge is 2.25. The number of aromatic nitrogens is 1. The van der Waals surface area contributed by atoms with E-state index < -0.39 is 0 Å². The molecule has 1 aliphatic heterocycles. The standard InChI is InChI=1S/C22H27BrN2O2/c1-4-15-10-9-11-16(5-2)20(15)24-22(27)18-17-12-7-6-8-13-25(17)14(3)19(23)21(18)26/h9-11H,4-8,12-13H2,1-3H3,(H,24,27). The van der Waals surface area contributed by atoms with Gasteiger partial charge in [-0.2, -0.15) is 0 Å². The van der Waals surface area contributed by atoms with Crippen LogP contribution in [-0.4, -0.2) is 10.5 Å². The average molecular weight is 431 g/mol. The Balaban J connectivity index is 2.12. The molecule has 0 aliphatic carbocycles. The first-order chi connectivity index (χ1) is 13.0. The fourth-order valence-electron chi connectivity index (χ4n) is 3.98. The largest absolute Gasteiger partial charge is 0.347 e. The minimum atomic E-state index is -0.290. The molecular formula is C22H27BrN2O2.